The number of hydrazine groups is 1. The molecule has 1 aliphatic rings. The molecule has 0 atom stereocenters. The Labute approximate surface area is 159 Å². The van der Waals surface area contributed by atoms with Gasteiger partial charge in [-0.05, 0) is 64.9 Å². The summed E-state index contributed by atoms with van der Waals surface area (Å²) in [7, 11) is 0. The smallest absolute Gasteiger partial charge is 0.286 e. The quantitative estimate of drug-likeness (QED) is 0.515. The standard InChI is InChI=1S/C19H20BrN3O3/c20-15-10-16(21-11-15)19(26)23-22-18(25)8-7-17(24)14-6-5-12-3-1-2-4-13(12)9-14/h5-6,9-11,21H,1-4,7-8H2,(H,22,25)(H,23,26). The summed E-state index contributed by atoms with van der Waals surface area (Å²) in [4.78, 5) is 38.7. The molecule has 6 nitrogen and oxygen atoms in total. The zero-order valence-electron chi connectivity index (χ0n) is 14.2. The number of amides is 2. The lowest BCUT2D eigenvalue weighted by Crippen LogP contribution is -2.41. The number of hydrogen-bond acceptors (Lipinski definition) is 3. The number of fused-ring (bicyclic) bond motifs is 1. The van der Waals surface area contributed by atoms with Crippen LogP contribution in [-0.2, 0) is 17.6 Å². The first-order valence-corrected chi connectivity index (χ1v) is 9.40. The number of Topliss-reactive ketones (excluding diaryl/α,β-unsaturated/α-hetero) is 1. The number of halogens is 1. The Hall–Kier alpha value is -2.41. The van der Waals surface area contributed by atoms with Crippen molar-refractivity contribution in [2.75, 3.05) is 0 Å². The van der Waals surface area contributed by atoms with Gasteiger partial charge in [-0.3, -0.25) is 25.2 Å². The average Bonchev–Trinajstić information content (AvgIpc) is 3.10. The van der Waals surface area contributed by atoms with E-state index in [-0.39, 0.29) is 18.6 Å². The molecule has 1 aromatic carbocycles. The number of aromatic amines is 1. The molecule has 0 radical (unpaired) electrons. The van der Waals surface area contributed by atoms with Crippen LogP contribution in [0.2, 0.25) is 0 Å². The molecule has 0 unspecified atom stereocenters. The van der Waals surface area contributed by atoms with Gasteiger partial charge in [0.15, 0.2) is 5.78 Å². The van der Waals surface area contributed by atoms with Crippen molar-refractivity contribution in [3.63, 3.8) is 0 Å². The molecule has 0 fully saturated rings. The molecule has 0 saturated carbocycles. The van der Waals surface area contributed by atoms with Crippen LogP contribution in [-0.4, -0.2) is 22.6 Å². The number of benzene rings is 1. The summed E-state index contributed by atoms with van der Waals surface area (Å²) < 4.78 is 0.740. The van der Waals surface area contributed by atoms with E-state index in [1.165, 1.54) is 17.5 Å². The van der Waals surface area contributed by atoms with E-state index >= 15 is 0 Å². The van der Waals surface area contributed by atoms with Crippen LogP contribution in [0.4, 0.5) is 0 Å². The molecule has 0 saturated heterocycles. The van der Waals surface area contributed by atoms with E-state index in [9.17, 15) is 14.4 Å². The molecular weight excluding hydrogens is 398 g/mol. The van der Waals surface area contributed by atoms with Gasteiger partial charge in [-0.15, -0.1) is 0 Å². The number of H-pyrrole nitrogens is 1. The predicted octanol–water partition coefficient (Wildman–Crippen LogP) is 3.08. The highest BCUT2D eigenvalue weighted by atomic mass is 79.9. The van der Waals surface area contributed by atoms with Gasteiger partial charge in [0, 0.05) is 29.1 Å². The molecule has 1 aliphatic carbocycles. The Morgan fingerprint density at radius 1 is 1.00 bits per heavy atom. The van der Waals surface area contributed by atoms with Gasteiger partial charge in [0.1, 0.15) is 5.69 Å². The highest BCUT2D eigenvalue weighted by Gasteiger charge is 2.15. The van der Waals surface area contributed by atoms with Gasteiger partial charge in [-0.25, -0.2) is 0 Å². The van der Waals surface area contributed by atoms with E-state index in [2.05, 4.69) is 31.8 Å². The van der Waals surface area contributed by atoms with Gasteiger partial charge >= 0.3 is 0 Å². The Balaban J connectivity index is 1.46. The fourth-order valence-electron chi connectivity index (χ4n) is 3.03. The van der Waals surface area contributed by atoms with Crippen LogP contribution in [0.3, 0.4) is 0 Å². The Morgan fingerprint density at radius 3 is 2.50 bits per heavy atom. The summed E-state index contributed by atoms with van der Waals surface area (Å²) in [5.74, 6) is -0.923. The second-order valence-corrected chi connectivity index (χ2v) is 7.26. The maximum atomic E-state index is 12.3. The van der Waals surface area contributed by atoms with Crippen molar-refractivity contribution in [1.82, 2.24) is 15.8 Å². The van der Waals surface area contributed by atoms with Crippen LogP contribution in [0.5, 0.6) is 0 Å². The van der Waals surface area contributed by atoms with Crippen LogP contribution < -0.4 is 10.9 Å². The minimum atomic E-state index is -0.454. The molecule has 136 valence electrons. The van der Waals surface area contributed by atoms with E-state index in [1.807, 2.05) is 18.2 Å². The van der Waals surface area contributed by atoms with Crippen molar-refractivity contribution in [3.05, 3.63) is 57.3 Å². The first-order chi connectivity index (χ1) is 12.5. The Morgan fingerprint density at radius 2 is 1.77 bits per heavy atom. The van der Waals surface area contributed by atoms with E-state index in [0.29, 0.717) is 11.3 Å². The Kier molecular flexibility index (Phi) is 5.88. The monoisotopic (exact) mass is 417 g/mol. The maximum Gasteiger partial charge on any atom is 0.286 e. The SMILES string of the molecule is O=C(CCC(=O)c1ccc2c(c1)CCCC2)NNC(=O)c1cc(Br)c[nH]1. The molecule has 2 amide bonds. The van der Waals surface area contributed by atoms with Crippen molar-refractivity contribution >= 4 is 33.5 Å². The van der Waals surface area contributed by atoms with Gasteiger partial charge in [0.2, 0.25) is 5.91 Å². The third kappa shape index (κ3) is 4.60. The third-order valence-corrected chi connectivity index (χ3v) is 4.92. The maximum absolute atomic E-state index is 12.3. The molecule has 3 N–H and O–H groups in total. The first kappa shape index (κ1) is 18.4. The lowest BCUT2D eigenvalue weighted by molar-refractivity contribution is -0.121. The fourth-order valence-corrected chi connectivity index (χ4v) is 3.38. The number of rotatable bonds is 5. The molecular formula is C19H20BrN3O3. The van der Waals surface area contributed by atoms with Crippen molar-refractivity contribution < 1.29 is 14.4 Å². The molecule has 1 aromatic heterocycles. The van der Waals surface area contributed by atoms with Crippen LogP contribution >= 0.6 is 15.9 Å². The molecule has 26 heavy (non-hydrogen) atoms. The molecule has 0 bridgehead atoms. The van der Waals surface area contributed by atoms with E-state index in [0.717, 1.165) is 23.7 Å². The van der Waals surface area contributed by atoms with Crippen molar-refractivity contribution in [1.29, 1.82) is 0 Å². The van der Waals surface area contributed by atoms with Gasteiger partial charge in [-0.2, -0.15) is 0 Å². The summed E-state index contributed by atoms with van der Waals surface area (Å²) in [5, 5.41) is 0. The van der Waals surface area contributed by atoms with Crippen molar-refractivity contribution in [2.24, 2.45) is 0 Å². The van der Waals surface area contributed by atoms with Crippen molar-refractivity contribution in [2.45, 2.75) is 38.5 Å². The largest absolute Gasteiger partial charge is 0.356 e. The number of carbonyl (C=O) groups excluding carboxylic acids is 3. The van der Waals surface area contributed by atoms with Crippen LogP contribution in [0.15, 0.2) is 34.9 Å². The van der Waals surface area contributed by atoms with Gasteiger partial charge in [-0.1, -0.05) is 12.1 Å². The summed E-state index contributed by atoms with van der Waals surface area (Å²) in [6.07, 6.45) is 6.18. The number of carbonyl (C=O) groups is 3. The minimum absolute atomic E-state index is 0.0185. The molecule has 2 aromatic rings. The lowest BCUT2D eigenvalue weighted by Gasteiger charge is -2.16. The van der Waals surface area contributed by atoms with E-state index in [4.69, 9.17) is 0 Å². The lowest BCUT2D eigenvalue weighted by atomic mass is 9.89. The molecule has 7 heteroatoms. The number of ketones is 1. The van der Waals surface area contributed by atoms with Crippen LogP contribution in [0.25, 0.3) is 0 Å². The molecule has 0 aliphatic heterocycles. The summed E-state index contributed by atoms with van der Waals surface area (Å²) >= 11 is 3.23. The first-order valence-electron chi connectivity index (χ1n) is 8.61. The fraction of sp³-hybridized carbons (Fsp3) is 0.316. The molecule has 3 rings (SSSR count). The van der Waals surface area contributed by atoms with E-state index < -0.39 is 11.8 Å². The number of hydrogen-bond donors (Lipinski definition) is 3. The van der Waals surface area contributed by atoms with E-state index in [1.54, 1.807) is 12.3 Å². The van der Waals surface area contributed by atoms with Gasteiger partial charge in [0.05, 0.1) is 0 Å². The minimum Gasteiger partial charge on any atom is -0.356 e. The Bertz CT molecular complexity index is 844. The molecule has 1 heterocycles. The third-order valence-electron chi connectivity index (χ3n) is 4.46. The summed E-state index contributed by atoms with van der Waals surface area (Å²) in [5.41, 5.74) is 8.18. The molecule has 0 spiro atoms. The van der Waals surface area contributed by atoms with Crippen LogP contribution in [0, 0.1) is 0 Å². The zero-order chi connectivity index (χ0) is 18.5. The topological polar surface area (TPSA) is 91.1 Å². The number of nitrogens with one attached hydrogen (secondary N) is 3. The van der Waals surface area contributed by atoms with Gasteiger partial charge < -0.3 is 4.98 Å². The normalized spacial score (nSPS) is 13.0. The second kappa shape index (κ2) is 8.31. The second-order valence-electron chi connectivity index (χ2n) is 6.35. The highest BCUT2D eigenvalue weighted by molar-refractivity contribution is 9.10. The summed E-state index contributed by atoms with van der Waals surface area (Å²) in [6, 6.07) is 7.42. The average molecular weight is 418 g/mol. The zero-order valence-corrected chi connectivity index (χ0v) is 15.8. The van der Waals surface area contributed by atoms with Crippen LogP contribution in [0.1, 0.15) is 57.7 Å². The summed E-state index contributed by atoms with van der Waals surface area (Å²) in [6.45, 7) is 0. The number of aryl methyl sites for hydroxylation is 2. The van der Waals surface area contributed by atoms with Crippen molar-refractivity contribution in [3.8, 4) is 0 Å². The van der Waals surface area contributed by atoms with Gasteiger partial charge in [0.25, 0.3) is 5.91 Å². The predicted molar refractivity (Wildman–Crippen MR) is 101 cm³/mol. The number of aromatic nitrogens is 1. The highest BCUT2D eigenvalue weighted by Crippen LogP contribution is 2.22.